The molecule has 94 valence electrons. The topological polar surface area (TPSA) is 29.3 Å². The monoisotopic (exact) mass is 232 g/mol. The summed E-state index contributed by atoms with van der Waals surface area (Å²) in [5.74, 6) is 0. The summed E-state index contributed by atoms with van der Waals surface area (Å²) in [6, 6.07) is 6.48. The Labute approximate surface area is 105 Å². The van der Waals surface area contributed by atoms with Crippen LogP contribution in [-0.4, -0.2) is 18.0 Å². The average Bonchev–Trinajstić information content (AvgIpc) is 2.27. The molecule has 1 aromatic carbocycles. The largest absolute Gasteiger partial charge is 0.399 e. The molecule has 0 saturated carbocycles. The molecule has 17 heavy (non-hydrogen) atoms. The van der Waals surface area contributed by atoms with Crippen LogP contribution in [0.1, 0.15) is 43.2 Å². The normalized spacial score (nSPS) is 18.6. The lowest BCUT2D eigenvalue weighted by Crippen LogP contribution is -2.26. The maximum Gasteiger partial charge on any atom is 0.0346 e. The van der Waals surface area contributed by atoms with Crippen molar-refractivity contribution in [2.45, 2.75) is 45.6 Å². The fourth-order valence-corrected chi connectivity index (χ4v) is 2.52. The molecule has 1 aliphatic heterocycles. The summed E-state index contributed by atoms with van der Waals surface area (Å²) in [4.78, 5) is 2.57. The molecule has 0 amide bonds. The summed E-state index contributed by atoms with van der Waals surface area (Å²) in [5.41, 5.74) is 9.43. The van der Waals surface area contributed by atoms with Crippen LogP contribution in [0.2, 0.25) is 0 Å². The van der Waals surface area contributed by atoms with Gasteiger partial charge < -0.3 is 5.73 Å². The van der Waals surface area contributed by atoms with Crippen LogP contribution in [0.25, 0.3) is 0 Å². The Morgan fingerprint density at radius 2 is 1.71 bits per heavy atom. The molecule has 1 saturated heterocycles. The van der Waals surface area contributed by atoms with Crippen molar-refractivity contribution in [1.29, 1.82) is 0 Å². The van der Waals surface area contributed by atoms with E-state index in [-0.39, 0.29) is 0 Å². The molecule has 1 aromatic rings. The standard InChI is InChI=1S/C15H24N2/c1-13-7-8-14(11-15(13)16)12-17-9-5-3-2-4-6-10-17/h7-8,11H,2-6,9-10,12,16H2,1H3. The third-order valence-electron chi connectivity index (χ3n) is 3.70. The highest BCUT2D eigenvalue weighted by atomic mass is 15.1. The molecule has 1 heterocycles. The Kier molecular flexibility index (Phi) is 4.43. The molecule has 1 fully saturated rings. The van der Waals surface area contributed by atoms with E-state index in [1.54, 1.807) is 0 Å². The van der Waals surface area contributed by atoms with Crippen molar-refractivity contribution in [3.8, 4) is 0 Å². The molecule has 0 atom stereocenters. The van der Waals surface area contributed by atoms with Gasteiger partial charge in [-0.1, -0.05) is 31.4 Å². The zero-order chi connectivity index (χ0) is 12.1. The van der Waals surface area contributed by atoms with Crippen LogP contribution in [0.4, 0.5) is 5.69 Å². The summed E-state index contributed by atoms with van der Waals surface area (Å²) in [5, 5.41) is 0. The Hall–Kier alpha value is -1.02. The molecule has 0 unspecified atom stereocenters. The molecule has 0 spiro atoms. The van der Waals surface area contributed by atoms with E-state index in [0.717, 1.165) is 12.2 Å². The highest BCUT2D eigenvalue weighted by Gasteiger charge is 2.09. The van der Waals surface area contributed by atoms with E-state index in [9.17, 15) is 0 Å². The van der Waals surface area contributed by atoms with Gasteiger partial charge in [0.2, 0.25) is 0 Å². The minimum Gasteiger partial charge on any atom is -0.399 e. The second kappa shape index (κ2) is 6.06. The van der Waals surface area contributed by atoms with Crippen LogP contribution in [0.15, 0.2) is 18.2 Å². The maximum absolute atomic E-state index is 5.96. The van der Waals surface area contributed by atoms with Crippen molar-refractivity contribution in [3.63, 3.8) is 0 Å². The number of rotatable bonds is 2. The summed E-state index contributed by atoms with van der Waals surface area (Å²) >= 11 is 0. The van der Waals surface area contributed by atoms with Crippen molar-refractivity contribution in [2.24, 2.45) is 0 Å². The van der Waals surface area contributed by atoms with Gasteiger partial charge >= 0.3 is 0 Å². The minimum atomic E-state index is 0.926. The van der Waals surface area contributed by atoms with Gasteiger partial charge in [0, 0.05) is 12.2 Å². The van der Waals surface area contributed by atoms with Crippen molar-refractivity contribution in [3.05, 3.63) is 29.3 Å². The molecule has 2 rings (SSSR count). The van der Waals surface area contributed by atoms with Gasteiger partial charge in [0.1, 0.15) is 0 Å². The number of aryl methyl sites for hydroxylation is 1. The number of benzene rings is 1. The average molecular weight is 232 g/mol. The number of nitrogen functional groups attached to an aromatic ring is 1. The lowest BCUT2D eigenvalue weighted by Gasteiger charge is -2.24. The van der Waals surface area contributed by atoms with Gasteiger partial charge in [0.25, 0.3) is 0 Å². The van der Waals surface area contributed by atoms with Gasteiger partial charge in [0.05, 0.1) is 0 Å². The molecular formula is C15H24N2. The van der Waals surface area contributed by atoms with Crippen LogP contribution in [0.3, 0.4) is 0 Å². The van der Waals surface area contributed by atoms with Gasteiger partial charge in [-0.25, -0.2) is 0 Å². The second-order valence-electron chi connectivity index (χ2n) is 5.23. The van der Waals surface area contributed by atoms with E-state index in [1.165, 1.54) is 56.3 Å². The fourth-order valence-electron chi connectivity index (χ4n) is 2.52. The van der Waals surface area contributed by atoms with Crippen LogP contribution in [0, 0.1) is 6.92 Å². The number of nitrogens with zero attached hydrogens (tertiary/aromatic N) is 1. The first kappa shape index (κ1) is 12.4. The minimum absolute atomic E-state index is 0.926. The molecule has 1 aliphatic rings. The molecule has 0 aromatic heterocycles. The lowest BCUT2D eigenvalue weighted by atomic mass is 10.1. The Morgan fingerprint density at radius 3 is 2.35 bits per heavy atom. The number of anilines is 1. The predicted octanol–water partition coefficient (Wildman–Crippen LogP) is 3.34. The summed E-state index contributed by atoms with van der Waals surface area (Å²) in [6.45, 7) is 5.61. The molecule has 2 N–H and O–H groups in total. The summed E-state index contributed by atoms with van der Waals surface area (Å²) < 4.78 is 0. The van der Waals surface area contributed by atoms with Crippen molar-refractivity contribution >= 4 is 5.69 Å². The number of nitrogens with two attached hydrogens (primary N) is 1. The van der Waals surface area contributed by atoms with Crippen molar-refractivity contribution in [2.75, 3.05) is 18.8 Å². The third kappa shape index (κ3) is 3.74. The fraction of sp³-hybridized carbons (Fsp3) is 0.600. The van der Waals surface area contributed by atoms with E-state index < -0.39 is 0 Å². The van der Waals surface area contributed by atoms with E-state index in [1.807, 2.05) is 0 Å². The quantitative estimate of drug-likeness (QED) is 0.792. The molecule has 0 aliphatic carbocycles. The van der Waals surface area contributed by atoms with E-state index >= 15 is 0 Å². The maximum atomic E-state index is 5.96. The Balaban J connectivity index is 1.95. The Morgan fingerprint density at radius 1 is 1.06 bits per heavy atom. The molecule has 2 nitrogen and oxygen atoms in total. The molecule has 0 radical (unpaired) electrons. The van der Waals surface area contributed by atoms with Crippen molar-refractivity contribution < 1.29 is 0 Å². The number of likely N-dealkylation sites (tertiary alicyclic amines) is 1. The highest BCUT2D eigenvalue weighted by molar-refractivity contribution is 5.48. The van der Waals surface area contributed by atoms with Gasteiger partial charge in [-0.2, -0.15) is 0 Å². The second-order valence-corrected chi connectivity index (χ2v) is 5.23. The zero-order valence-corrected chi connectivity index (χ0v) is 10.9. The van der Waals surface area contributed by atoms with Gasteiger partial charge in [0.15, 0.2) is 0 Å². The predicted molar refractivity (Wildman–Crippen MR) is 74.0 cm³/mol. The van der Waals surface area contributed by atoms with Crippen LogP contribution < -0.4 is 5.73 Å². The van der Waals surface area contributed by atoms with E-state index in [4.69, 9.17) is 5.73 Å². The lowest BCUT2D eigenvalue weighted by molar-refractivity contribution is 0.240. The third-order valence-corrected chi connectivity index (χ3v) is 3.70. The molecule has 0 bridgehead atoms. The number of hydrogen-bond acceptors (Lipinski definition) is 2. The van der Waals surface area contributed by atoms with Gasteiger partial charge in [-0.15, -0.1) is 0 Å². The Bertz CT molecular complexity index is 352. The first-order chi connectivity index (χ1) is 8.25. The van der Waals surface area contributed by atoms with Crippen LogP contribution >= 0.6 is 0 Å². The summed E-state index contributed by atoms with van der Waals surface area (Å²) in [6.07, 6.45) is 6.91. The van der Waals surface area contributed by atoms with Crippen molar-refractivity contribution in [1.82, 2.24) is 4.90 Å². The highest BCUT2D eigenvalue weighted by Crippen LogP contribution is 2.17. The first-order valence-electron chi connectivity index (χ1n) is 6.83. The van der Waals surface area contributed by atoms with Crippen LogP contribution in [0.5, 0.6) is 0 Å². The van der Waals surface area contributed by atoms with E-state index in [2.05, 4.69) is 30.0 Å². The van der Waals surface area contributed by atoms with E-state index in [0.29, 0.717) is 0 Å². The summed E-state index contributed by atoms with van der Waals surface area (Å²) in [7, 11) is 0. The first-order valence-corrected chi connectivity index (χ1v) is 6.83. The molecule has 2 heteroatoms. The number of hydrogen-bond donors (Lipinski definition) is 1. The molecular weight excluding hydrogens is 208 g/mol. The zero-order valence-electron chi connectivity index (χ0n) is 10.9. The SMILES string of the molecule is Cc1ccc(CN2CCCCCCC2)cc1N. The van der Waals surface area contributed by atoms with Gasteiger partial charge in [-0.05, 0) is 50.0 Å². The van der Waals surface area contributed by atoms with Gasteiger partial charge in [-0.3, -0.25) is 4.90 Å². The van der Waals surface area contributed by atoms with Crippen LogP contribution in [-0.2, 0) is 6.54 Å². The smallest absolute Gasteiger partial charge is 0.0346 e.